The van der Waals surface area contributed by atoms with Crippen LogP contribution in [0.5, 0.6) is 0 Å². The topological polar surface area (TPSA) is 91.2 Å². The van der Waals surface area contributed by atoms with E-state index >= 15 is 0 Å². The minimum Gasteiger partial charge on any atom is -0.384 e. The lowest BCUT2D eigenvalue weighted by molar-refractivity contribution is 0.128. The molecular formula is C13H14N6OS. The van der Waals surface area contributed by atoms with Crippen molar-refractivity contribution in [2.45, 2.75) is 23.7 Å². The molecule has 21 heavy (non-hydrogen) atoms. The maximum Gasteiger partial charge on any atom is 0.201 e. The van der Waals surface area contributed by atoms with Gasteiger partial charge in [-0.2, -0.15) is 0 Å². The molecule has 0 spiro atoms. The fraction of sp³-hybridized carbons (Fsp3) is 0.231. The van der Waals surface area contributed by atoms with Gasteiger partial charge >= 0.3 is 0 Å². The number of pyridine rings is 1. The normalized spacial score (nSPS) is 11.1. The zero-order chi connectivity index (χ0) is 14.7. The maximum atomic E-state index is 5.81. The smallest absolute Gasteiger partial charge is 0.201 e. The lowest BCUT2D eigenvalue weighted by atomic mass is 10.5. The Kier molecular flexibility index (Phi) is 3.98. The fourth-order valence-electron chi connectivity index (χ4n) is 1.79. The van der Waals surface area contributed by atoms with Crippen molar-refractivity contribution in [2.24, 2.45) is 0 Å². The first kappa shape index (κ1) is 13.8. The molecule has 3 aromatic heterocycles. The second kappa shape index (κ2) is 6.06. The van der Waals surface area contributed by atoms with E-state index in [1.165, 1.54) is 11.8 Å². The van der Waals surface area contributed by atoms with Gasteiger partial charge in [-0.05, 0) is 30.8 Å². The number of nitrogen functional groups attached to an aromatic ring is 1. The highest BCUT2D eigenvalue weighted by Crippen LogP contribution is 2.25. The summed E-state index contributed by atoms with van der Waals surface area (Å²) in [4.78, 5) is 8.57. The Hall–Kier alpha value is -2.19. The van der Waals surface area contributed by atoms with Gasteiger partial charge in [-0.1, -0.05) is 6.07 Å². The molecule has 3 aromatic rings. The Morgan fingerprint density at radius 3 is 3.05 bits per heavy atom. The van der Waals surface area contributed by atoms with Crippen molar-refractivity contribution in [3.8, 4) is 0 Å². The molecular weight excluding hydrogens is 288 g/mol. The quantitative estimate of drug-likeness (QED) is 0.718. The summed E-state index contributed by atoms with van der Waals surface area (Å²) in [5.74, 6) is 0.976. The second-order valence-electron chi connectivity index (χ2n) is 4.20. The third-order valence-electron chi connectivity index (χ3n) is 2.68. The van der Waals surface area contributed by atoms with E-state index < -0.39 is 0 Å². The predicted octanol–water partition coefficient (Wildman–Crippen LogP) is 1.79. The average Bonchev–Trinajstić information content (AvgIpc) is 2.88. The van der Waals surface area contributed by atoms with Gasteiger partial charge in [-0.15, -0.1) is 10.2 Å². The van der Waals surface area contributed by atoms with Gasteiger partial charge in [0.25, 0.3) is 0 Å². The summed E-state index contributed by atoms with van der Waals surface area (Å²) in [7, 11) is 0. The molecule has 0 bridgehead atoms. The van der Waals surface area contributed by atoms with Crippen molar-refractivity contribution < 1.29 is 4.74 Å². The van der Waals surface area contributed by atoms with Crippen LogP contribution < -0.4 is 5.73 Å². The van der Waals surface area contributed by atoms with Crippen molar-refractivity contribution in [2.75, 3.05) is 12.3 Å². The minimum atomic E-state index is 0.343. The summed E-state index contributed by atoms with van der Waals surface area (Å²) < 4.78 is 7.21. The number of hydrogen-bond acceptors (Lipinski definition) is 7. The third kappa shape index (κ3) is 3.11. The molecule has 3 rings (SSSR count). The first-order valence-electron chi connectivity index (χ1n) is 6.45. The SMILES string of the molecule is CCOCc1nc(N)cc(Sc2nnc3ccccn23)n1. The molecule has 0 aliphatic rings. The molecule has 0 atom stereocenters. The Morgan fingerprint density at radius 2 is 2.19 bits per heavy atom. The van der Waals surface area contributed by atoms with Gasteiger partial charge in [-0.3, -0.25) is 4.40 Å². The van der Waals surface area contributed by atoms with Crippen LogP contribution in [-0.2, 0) is 11.3 Å². The summed E-state index contributed by atoms with van der Waals surface area (Å²) in [6.45, 7) is 2.87. The van der Waals surface area contributed by atoms with Crippen LogP contribution >= 0.6 is 11.8 Å². The number of rotatable bonds is 5. The van der Waals surface area contributed by atoms with Gasteiger partial charge in [0.15, 0.2) is 11.5 Å². The molecule has 0 aliphatic carbocycles. The van der Waals surface area contributed by atoms with Gasteiger partial charge in [0.1, 0.15) is 17.5 Å². The van der Waals surface area contributed by atoms with E-state index in [2.05, 4.69) is 20.2 Å². The van der Waals surface area contributed by atoms with Crippen LogP contribution in [0.2, 0.25) is 0 Å². The molecule has 7 nitrogen and oxygen atoms in total. The zero-order valence-electron chi connectivity index (χ0n) is 11.4. The number of hydrogen-bond donors (Lipinski definition) is 1. The van der Waals surface area contributed by atoms with Crippen LogP contribution in [0, 0.1) is 0 Å². The van der Waals surface area contributed by atoms with Crippen molar-refractivity contribution in [1.29, 1.82) is 0 Å². The molecule has 0 saturated heterocycles. The summed E-state index contributed by atoms with van der Waals surface area (Å²) in [6, 6.07) is 7.45. The van der Waals surface area contributed by atoms with Crippen LogP contribution in [0.25, 0.3) is 5.65 Å². The second-order valence-corrected chi connectivity index (χ2v) is 5.19. The van der Waals surface area contributed by atoms with Crippen molar-refractivity contribution >= 4 is 23.2 Å². The molecule has 0 amide bonds. The molecule has 8 heteroatoms. The minimum absolute atomic E-state index is 0.343. The number of aromatic nitrogens is 5. The molecule has 0 radical (unpaired) electrons. The van der Waals surface area contributed by atoms with E-state index in [4.69, 9.17) is 10.5 Å². The Bertz CT molecular complexity index is 759. The summed E-state index contributed by atoms with van der Waals surface area (Å²) >= 11 is 1.39. The Labute approximate surface area is 125 Å². The Balaban J connectivity index is 1.88. The van der Waals surface area contributed by atoms with E-state index in [-0.39, 0.29) is 0 Å². The highest BCUT2D eigenvalue weighted by atomic mass is 32.2. The van der Waals surface area contributed by atoms with Crippen molar-refractivity contribution in [3.05, 3.63) is 36.3 Å². The molecule has 0 saturated carbocycles. The zero-order valence-corrected chi connectivity index (χ0v) is 12.2. The monoisotopic (exact) mass is 302 g/mol. The number of anilines is 1. The van der Waals surface area contributed by atoms with Gasteiger partial charge in [0.2, 0.25) is 5.16 Å². The lowest BCUT2D eigenvalue weighted by Gasteiger charge is -2.05. The molecule has 0 unspecified atom stereocenters. The first-order chi connectivity index (χ1) is 10.3. The number of nitrogens with two attached hydrogens (primary N) is 1. The van der Waals surface area contributed by atoms with Crippen molar-refractivity contribution in [3.63, 3.8) is 0 Å². The predicted molar refractivity (Wildman–Crippen MR) is 78.9 cm³/mol. The van der Waals surface area contributed by atoms with E-state index in [0.717, 1.165) is 15.8 Å². The van der Waals surface area contributed by atoms with Crippen LogP contribution in [0.3, 0.4) is 0 Å². The first-order valence-corrected chi connectivity index (χ1v) is 7.26. The fourth-order valence-corrected chi connectivity index (χ4v) is 2.64. The summed E-state index contributed by atoms with van der Waals surface area (Å²) in [5, 5.41) is 9.70. The van der Waals surface area contributed by atoms with E-state index in [1.54, 1.807) is 6.07 Å². The van der Waals surface area contributed by atoms with Crippen LogP contribution in [0.15, 0.2) is 40.6 Å². The van der Waals surface area contributed by atoms with Gasteiger partial charge in [0.05, 0.1) is 0 Å². The summed E-state index contributed by atoms with van der Waals surface area (Å²) in [5.41, 5.74) is 6.60. The highest BCUT2D eigenvalue weighted by molar-refractivity contribution is 7.99. The van der Waals surface area contributed by atoms with Crippen molar-refractivity contribution in [1.82, 2.24) is 24.6 Å². The van der Waals surface area contributed by atoms with Crippen LogP contribution in [0.4, 0.5) is 5.82 Å². The van der Waals surface area contributed by atoms with E-state index in [0.29, 0.717) is 24.9 Å². The molecule has 3 heterocycles. The van der Waals surface area contributed by atoms with E-state index in [1.807, 2.05) is 35.7 Å². The summed E-state index contributed by atoms with van der Waals surface area (Å²) in [6.07, 6.45) is 1.91. The highest BCUT2D eigenvalue weighted by Gasteiger charge is 2.10. The average molecular weight is 302 g/mol. The van der Waals surface area contributed by atoms with Gasteiger partial charge < -0.3 is 10.5 Å². The molecule has 108 valence electrons. The number of fused-ring (bicyclic) bond motifs is 1. The molecule has 2 N–H and O–H groups in total. The number of ether oxygens (including phenoxy) is 1. The Morgan fingerprint density at radius 1 is 1.29 bits per heavy atom. The third-order valence-corrected chi connectivity index (χ3v) is 3.56. The lowest BCUT2D eigenvalue weighted by Crippen LogP contribution is -2.03. The maximum absolute atomic E-state index is 5.81. The van der Waals surface area contributed by atoms with Crippen LogP contribution in [0.1, 0.15) is 12.7 Å². The van der Waals surface area contributed by atoms with Gasteiger partial charge in [-0.25, -0.2) is 9.97 Å². The largest absolute Gasteiger partial charge is 0.384 e. The molecule has 0 aromatic carbocycles. The van der Waals surface area contributed by atoms with Gasteiger partial charge in [0, 0.05) is 18.9 Å². The molecule has 0 fully saturated rings. The number of nitrogens with zero attached hydrogens (tertiary/aromatic N) is 5. The standard InChI is InChI=1S/C13H14N6OS/c1-2-20-8-10-15-9(14)7-12(16-10)21-13-18-17-11-5-3-4-6-19(11)13/h3-7H,2,8H2,1H3,(H2,14,15,16). The van der Waals surface area contributed by atoms with E-state index in [9.17, 15) is 0 Å². The van der Waals surface area contributed by atoms with Crippen LogP contribution in [-0.4, -0.2) is 31.2 Å². The molecule has 0 aliphatic heterocycles.